The van der Waals surface area contributed by atoms with Gasteiger partial charge in [0.1, 0.15) is 6.23 Å². The van der Waals surface area contributed by atoms with E-state index in [0.29, 0.717) is 17.8 Å². The molecule has 3 N–H and O–H groups in total. The van der Waals surface area contributed by atoms with Gasteiger partial charge in [-0.05, 0) is 32.4 Å². The van der Waals surface area contributed by atoms with Gasteiger partial charge < -0.3 is 24.1 Å². The Hall–Kier alpha value is -1.67. The van der Waals surface area contributed by atoms with Gasteiger partial charge in [-0.2, -0.15) is 0 Å². The summed E-state index contributed by atoms with van der Waals surface area (Å²) < 4.78 is 32.4. The number of hydrogen-bond donors (Lipinski definition) is 2. The molecule has 106 valence electrons. The molecule has 1 aliphatic heterocycles. The fraction of sp³-hybridized carbons (Fsp3) is 0.455. The molecule has 0 aliphatic carbocycles. The number of nitrogens with zero attached hydrogens (tertiary/aromatic N) is 1. The Bertz CT molecular complexity index is 612. The van der Waals surface area contributed by atoms with Gasteiger partial charge in [0, 0.05) is 6.54 Å². The first-order valence-electron chi connectivity index (χ1n) is 5.78. The van der Waals surface area contributed by atoms with E-state index in [4.69, 9.17) is 14.1 Å². The molecule has 0 bridgehead atoms. The lowest BCUT2D eigenvalue weighted by molar-refractivity contribution is 0.189. The summed E-state index contributed by atoms with van der Waals surface area (Å²) in [4.78, 5) is 1.58. The number of benzene rings is 1. The summed E-state index contributed by atoms with van der Waals surface area (Å²) in [7, 11) is -4.12. The SMILES string of the molecule is CCN(c1cc(C)c(N)c2c1OS(=O)(=O)O2)C(C)O. The standard InChI is InChI=1S/C11H16N2O5S/c1-4-13(7(3)14)8-5-6(2)9(12)11-10(8)17-19(15,16)18-11/h5,7,14H,4,12H2,1-3H3. The lowest BCUT2D eigenvalue weighted by Crippen LogP contribution is -2.32. The maximum Gasteiger partial charge on any atom is 0.501 e. The van der Waals surface area contributed by atoms with Crippen LogP contribution in [0.25, 0.3) is 0 Å². The van der Waals surface area contributed by atoms with Crippen LogP contribution in [0.2, 0.25) is 0 Å². The van der Waals surface area contributed by atoms with Crippen LogP contribution in [0, 0.1) is 6.92 Å². The van der Waals surface area contributed by atoms with Gasteiger partial charge in [-0.15, -0.1) is 8.42 Å². The van der Waals surface area contributed by atoms with E-state index in [9.17, 15) is 13.5 Å². The molecule has 1 aromatic rings. The Kier molecular flexibility index (Phi) is 3.23. The first-order valence-corrected chi connectivity index (χ1v) is 7.11. The Morgan fingerprint density at radius 2 is 2.00 bits per heavy atom. The number of rotatable bonds is 3. The van der Waals surface area contributed by atoms with E-state index in [-0.39, 0.29) is 17.2 Å². The van der Waals surface area contributed by atoms with Crippen molar-refractivity contribution in [1.82, 2.24) is 0 Å². The van der Waals surface area contributed by atoms with Crippen molar-refractivity contribution < 1.29 is 21.9 Å². The van der Waals surface area contributed by atoms with E-state index >= 15 is 0 Å². The van der Waals surface area contributed by atoms with Gasteiger partial charge in [-0.1, -0.05) is 0 Å². The molecule has 0 radical (unpaired) electrons. The van der Waals surface area contributed by atoms with E-state index in [0.717, 1.165) is 0 Å². The highest BCUT2D eigenvalue weighted by Gasteiger charge is 2.35. The fourth-order valence-corrected chi connectivity index (χ4v) is 2.77. The molecule has 0 aromatic heterocycles. The van der Waals surface area contributed by atoms with Crippen LogP contribution in [-0.4, -0.2) is 26.3 Å². The zero-order valence-corrected chi connectivity index (χ0v) is 11.7. The molecule has 8 heteroatoms. The van der Waals surface area contributed by atoms with Crippen molar-refractivity contribution in [3.05, 3.63) is 11.6 Å². The van der Waals surface area contributed by atoms with Gasteiger partial charge in [0.15, 0.2) is 0 Å². The van der Waals surface area contributed by atoms with Crippen molar-refractivity contribution in [2.24, 2.45) is 0 Å². The molecule has 0 fully saturated rings. The van der Waals surface area contributed by atoms with Gasteiger partial charge in [0.05, 0.1) is 11.4 Å². The van der Waals surface area contributed by atoms with E-state index in [1.54, 1.807) is 24.8 Å². The summed E-state index contributed by atoms with van der Waals surface area (Å²) in [5, 5.41) is 9.74. The molecule has 1 heterocycles. The third kappa shape index (κ3) is 2.28. The minimum Gasteiger partial charge on any atom is -0.395 e. The number of aliphatic hydroxyl groups excluding tert-OH is 1. The minimum atomic E-state index is -4.12. The van der Waals surface area contributed by atoms with E-state index in [2.05, 4.69) is 0 Å². The summed E-state index contributed by atoms with van der Waals surface area (Å²) >= 11 is 0. The van der Waals surface area contributed by atoms with Gasteiger partial charge in [0.25, 0.3) is 0 Å². The number of fused-ring (bicyclic) bond motifs is 1. The Balaban J connectivity index is 2.66. The van der Waals surface area contributed by atoms with Crippen molar-refractivity contribution in [2.75, 3.05) is 17.2 Å². The van der Waals surface area contributed by atoms with Gasteiger partial charge in [0.2, 0.25) is 11.5 Å². The summed E-state index contributed by atoms with van der Waals surface area (Å²) in [5.41, 5.74) is 7.08. The highest BCUT2D eigenvalue weighted by molar-refractivity contribution is 7.82. The number of aryl methyl sites for hydroxylation is 1. The molecule has 7 nitrogen and oxygen atoms in total. The second-order valence-electron chi connectivity index (χ2n) is 4.28. The summed E-state index contributed by atoms with van der Waals surface area (Å²) in [6.45, 7) is 5.60. The quantitative estimate of drug-likeness (QED) is 0.625. The molecule has 0 saturated carbocycles. The predicted molar refractivity (Wildman–Crippen MR) is 70.5 cm³/mol. The first kappa shape index (κ1) is 13.8. The van der Waals surface area contributed by atoms with Crippen LogP contribution >= 0.6 is 0 Å². The van der Waals surface area contributed by atoms with Crippen LogP contribution in [0.1, 0.15) is 19.4 Å². The van der Waals surface area contributed by atoms with Crippen molar-refractivity contribution in [3.63, 3.8) is 0 Å². The van der Waals surface area contributed by atoms with Crippen LogP contribution in [0.4, 0.5) is 11.4 Å². The van der Waals surface area contributed by atoms with Crippen molar-refractivity contribution in [2.45, 2.75) is 27.0 Å². The normalized spacial score (nSPS) is 17.3. The van der Waals surface area contributed by atoms with Gasteiger partial charge >= 0.3 is 10.4 Å². The maximum atomic E-state index is 11.4. The minimum absolute atomic E-state index is 0.0193. The lowest BCUT2D eigenvalue weighted by atomic mass is 10.1. The molecular weight excluding hydrogens is 272 g/mol. The molecular formula is C11H16N2O5S. The summed E-state index contributed by atoms with van der Waals surface area (Å²) in [5.74, 6) is -0.0000463. The van der Waals surface area contributed by atoms with Crippen LogP contribution < -0.4 is 19.0 Å². The lowest BCUT2D eigenvalue weighted by Gasteiger charge is -2.27. The smallest absolute Gasteiger partial charge is 0.395 e. The van der Waals surface area contributed by atoms with Crippen LogP contribution in [0.5, 0.6) is 11.5 Å². The zero-order chi connectivity index (χ0) is 14.4. The molecule has 1 aromatic carbocycles. The van der Waals surface area contributed by atoms with E-state index < -0.39 is 16.6 Å². The Morgan fingerprint density at radius 1 is 1.42 bits per heavy atom. The first-order chi connectivity index (χ1) is 8.76. The average molecular weight is 288 g/mol. The molecule has 1 atom stereocenters. The monoisotopic (exact) mass is 288 g/mol. The number of nitrogens with two attached hydrogens (primary N) is 1. The topological polar surface area (TPSA) is 102 Å². The molecule has 0 amide bonds. The molecule has 1 unspecified atom stereocenters. The van der Waals surface area contributed by atoms with Crippen LogP contribution in [0.15, 0.2) is 6.07 Å². The second-order valence-corrected chi connectivity index (χ2v) is 5.43. The molecule has 19 heavy (non-hydrogen) atoms. The van der Waals surface area contributed by atoms with Gasteiger partial charge in [-0.25, -0.2) is 0 Å². The molecule has 0 saturated heterocycles. The number of aliphatic hydroxyl groups is 1. The number of nitrogen functional groups attached to an aromatic ring is 1. The third-order valence-corrected chi connectivity index (χ3v) is 3.68. The third-order valence-electron chi connectivity index (χ3n) is 2.93. The summed E-state index contributed by atoms with van der Waals surface area (Å²) in [6.07, 6.45) is -0.802. The maximum absolute atomic E-state index is 11.4. The molecule has 0 spiro atoms. The fourth-order valence-electron chi connectivity index (χ4n) is 2.00. The van der Waals surface area contributed by atoms with Gasteiger partial charge in [-0.3, -0.25) is 0 Å². The zero-order valence-electron chi connectivity index (χ0n) is 10.9. The Morgan fingerprint density at radius 3 is 2.53 bits per heavy atom. The predicted octanol–water partition coefficient (Wildman–Crippen LogP) is 0.758. The van der Waals surface area contributed by atoms with Crippen molar-refractivity contribution >= 4 is 21.8 Å². The number of anilines is 2. The molecule has 2 rings (SSSR count). The molecule has 1 aliphatic rings. The van der Waals surface area contributed by atoms with Crippen molar-refractivity contribution in [3.8, 4) is 11.5 Å². The van der Waals surface area contributed by atoms with Crippen LogP contribution in [0.3, 0.4) is 0 Å². The largest absolute Gasteiger partial charge is 0.501 e. The Labute approximate surface area is 111 Å². The summed E-state index contributed by atoms with van der Waals surface area (Å²) in [6, 6.07) is 1.66. The van der Waals surface area contributed by atoms with E-state index in [1.165, 1.54) is 0 Å². The highest BCUT2D eigenvalue weighted by Crippen LogP contribution is 2.49. The van der Waals surface area contributed by atoms with Crippen molar-refractivity contribution in [1.29, 1.82) is 0 Å². The van der Waals surface area contributed by atoms with Crippen LogP contribution in [-0.2, 0) is 10.4 Å². The highest BCUT2D eigenvalue weighted by atomic mass is 32.3. The van der Waals surface area contributed by atoms with E-state index in [1.807, 2.05) is 6.92 Å². The average Bonchev–Trinajstić information content (AvgIpc) is 2.62. The number of hydrogen-bond acceptors (Lipinski definition) is 7. The second kappa shape index (κ2) is 4.46.